The minimum absolute atomic E-state index is 0.0495. The van der Waals surface area contributed by atoms with Crippen molar-refractivity contribution in [2.45, 2.75) is 19.4 Å². The van der Waals surface area contributed by atoms with Crippen LogP contribution in [0.4, 0.5) is 5.82 Å². The Morgan fingerprint density at radius 1 is 1.12 bits per heavy atom. The zero-order valence-corrected chi connectivity index (χ0v) is 15.1. The molecule has 1 aromatic carbocycles. The van der Waals surface area contributed by atoms with E-state index in [1.807, 2.05) is 40.9 Å². The summed E-state index contributed by atoms with van der Waals surface area (Å²) in [6.45, 7) is 2.20. The van der Waals surface area contributed by atoms with Crippen molar-refractivity contribution in [3.05, 3.63) is 59.4 Å². The van der Waals surface area contributed by atoms with E-state index < -0.39 is 0 Å². The number of rotatable bonds is 4. The lowest BCUT2D eigenvalue weighted by Gasteiger charge is -2.32. The second-order valence-electron chi connectivity index (χ2n) is 6.51. The summed E-state index contributed by atoms with van der Waals surface area (Å²) in [5.74, 6) is 1.20. The Bertz CT molecular complexity index is 900. The van der Waals surface area contributed by atoms with Crippen LogP contribution >= 0.6 is 11.6 Å². The Labute approximate surface area is 156 Å². The van der Waals surface area contributed by atoms with Gasteiger partial charge < -0.3 is 10.2 Å². The van der Waals surface area contributed by atoms with Gasteiger partial charge in [-0.1, -0.05) is 23.7 Å². The first-order chi connectivity index (χ1) is 12.7. The molecule has 0 radical (unpaired) electrons. The molecular weight excluding hydrogens is 350 g/mol. The van der Waals surface area contributed by atoms with E-state index in [4.69, 9.17) is 11.6 Å². The van der Waals surface area contributed by atoms with Crippen molar-refractivity contribution in [2.75, 3.05) is 18.0 Å². The van der Waals surface area contributed by atoms with Gasteiger partial charge in [0.1, 0.15) is 5.82 Å². The smallest absolute Gasteiger partial charge is 0.223 e. The molecule has 3 aromatic rings. The number of hydrogen-bond donors (Lipinski definition) is 1. The van der Waals surface area contributed by atoms with Crippen molar-refractivity contribution in [3.8, 4) is 0 Å². The van der Waals surface area contributed by atoms with Crippen LogP contribution in [-0.4, -0.2) is 33.6 Å². The molecular formula is C19H20ClN5O. The third kappa shape index (κ3) is 3.51. The molecule has 134 valence electrons. The topological polar surface area (TPSA) is 62.5 Å². The van der Waals surface area contributed by atoms with Gasteiger partial charge in [0.15, 0.2) is 5.65 Å². The zero-order chi connectivity index (χ0) is 17.9. The molecule has 1 amide bonds. The fraction of sp³-hybridized carbons (Fsp3) is 0.316. The predicted octanol–water partition coefficient (Wildman–Crippen LogP) is 2.92. The van der Waals surface area contributed by atoms with Gasteiger partial charge in [-0.15, -0.1) is 0 Å². The van der Waals surface area contributed by atoms with E-state index in [1.165, 1.54) is 0 Å². The number of amides is 1. The zero-order valence-electron chi connectivity index (χ0n) is 14.3. The maximum atomic E-state index is 12.5. The highest BCUT2D eigenvalue weighted by Crippen LogP contribution is 2.23. The minimum Gasteiger partial charge on any atom is -0.356 e. The molecule has 1 fully saturated rings. The van der Waals surface area contributed by atoms with Crippen LogP contribution in [0.15, 0.2) is 48.8 Å². The largest absolute Gasteiger partial charge is 0.356 e. The Kier molecular flexibility index (Phi) is 4.75. The second-order valence-corrected chi connectivity index (χ2v) is 6.95. The summed E-state index contributed by atoms with van der Waals surface area (Å²) in [6.07, 6.45) is 5.22. The van der Waals surface area contributed by atoms with Crippen LogP contribution in [0.3, 0.4) is 0 Å². The highest BCUT2D eigenvalue weighted by molar-refractivity contribution is 6.30. The molecule has 1 N–H and O–H groups in total. The van der Waals surface area contributed by atoms with Crippen molar-refractivity contribution >= 4 is 29.0 Å². The molecule has 0 spiro atoms. The third-order valence-corrected chi connectivity index (χ3v) is 5.09. The molecule has 4 rings (SSSR count). The van der Waals surface area contributed by atoms with Gasteiger partial charge in [0.05, 0.1) is 6.20 Å². The molecule has 2 aromatic heterocycles. The molecule has 0 aliphatic carbocycles. The van der Waals surface area contributed by atoms with Crippen LogP contribution in [0.5, 0.6) is 0 Å². The summed E-state index contributed by atoms with van der Waals surface area (Å²) in [4.78, 5) is 19.0. The monoisotopic (exact) mass is 369 g/mol. The number of halogens is 1. The molecule has 26 heavy (non-hydrogen) atoms. The molecule has 7 heteroatoms. The maximum absolute atomic E-state index is 12.5. The fourth-order valence-electron chi connectivity index (χ4n) is 3.37. The molecule has 3 heterocycles. The van der Waals surface area contributed by atoms with Gasteiger partial charge in [0.25, 0.3) is 0 Å². The number of carbonyl (C=O) groups excluding carboxylic acids is 1. The lowest BCUT2D eigenvalue weighted by molar-refractivity contribution is -0.125. The summed E-state index contributed by atoms with van der Waals surface area (Å²) in [7, 11) is 0. The van der Waals surface area contributed by atoms with E-state index >= 15 is 0 Å². The normalized spacial score (nSPS) is 15.3. The first-order valence-electron chi connectivity index (χ1n) is 8.76. The number of benzene rings is 1. The van der Waals surface area contributed by atoms with Crippen LogP contribution < -0.4 is 10.2 Å². The number of nitrogens with one attached hydrogen (secondary N) is 1. The predicted molar refractivity (Wildman–Crippen MR) is 101 cm³/mol. The van der Waals surface area contributed by atoms with E-state index in [-0.39, 0.29) is 11.8 Å². The van der Waals surface area contributed by atoms with Crippen LogP contribution in [0.25, 0.3) is 5.65 Å². The van der Waals surface area contributed by atoms with E-state index in [2.05, 4.69) is 20.3 Å². The summed E-state index contributed by atoms with van der Waals surface area (Å²) >= 11 is 5.89. The van der Waals surface area contributed by atoms with Gasteiger partial charge >= 0.3 is 0 Å². The van der Waals surface area contributed by atoms with Crippen molar-refractivity contribution in [2.24, 2.45) is 5.92 Å². The van der Waals surface area contributed by atoms with E-state index in [0.717, 1.165) is 43.0 Å². The molecule has 1 saturated heterocycles. The van der Waals surface area contributed by atoms with Crippen molar-refractivity contribution in [1.29, 1.82) is 0 Å². The summed E-state index contributed by atoms with van der Waals surface area (Å²) in [5.41, 5.74) is 1.89. The summed E-state index contributed by atoms with van der Waals surface area (Å²) in [5, 5.41) is 8.08. The fourth-order valence-corrected chi connectivity index (χ4v) is 3.49. The van der Waals surface area contributed by atoms with Gasteiger partial charge in [-0.2, -0.15) is 9.61 Å². The number of nitrogens with zero attached hydrogens (tertiary/aromatic N) is 4. The van der Waals surface area contributed by atoms with E-state index in [9.17, 15) is 4.79 Å². The number of anilines is 1. The molecule has 0 unspecified atom stereocenters. The lowest BCUT2D eigenvalue weighted by atomic mass is 9.96. The van der Waals surface area contributed by atoms with Crippen LogP contribution in [0.1, 0.15) is 18.4 Å². The van der Waals surface area contributed by atoms with Crippen molar-refractivity contribution in [3.63, 3.8) is 0 Å². The van der Waals surface area contributed by atoms with Crippen molar-refractivity contribution < 1.29 is 4.79 Å². The quantitative estimate of drug-likeness (QED) is 0.768. The Balaban J connectivity index is 1.33. The van der Waals surface area contributed by atoms with Crippen LogP contribution in [0, 0.1) is 5.92 Å². The van der Waals surface area contributed by atoms with Crippen molar-refractivity contribution in [1.82, 2.24) is 19.9 Å². The summed E-state index contributed by atoms with van der Waals surface area (Å²) in [6, 6.07) is 11.4. The number of carbonyl (C=O) groups is 1. The van der Waals surface area contributed by atoms with Gasteiger partial charge in [0, 0.05) is 42.8 Å². The second kappa shape index (κ2) is 7.33. The Morgan fingerprint density at radius 2 is 1.88 bits per heavy atom. The van der Waals surface area contributed by atoms with Crippen LogP contribution in [-0.2, 0) is 11.3 Å². The SMILES string of the molecule is O=C(NCc1ccc(Cl)cc1)C1CCN(c2ccnc3ccnn23)CC1. The van der Waals surface area contributed by atoms with Gasteiger partial charge in [-0.3, -0.25) is 4.79 Å². The first-order valence-corrected chi connectivity index (χ1v) is 9.14. The average molecular weight is 370 g/mol. The molecule has 6 nitrogen and oxygen atoms in total. The summed E-state index contributed by atoms with van der Waals surface area (Å²) < 4.78 is 1.85. The Morgan fingerprint density at radius 3 is 2.65 bits per heavy atom. The number of piperidine rings is 1. The van der Waals surface area contributed by atoms with E-state index in [0.29, 0.717) is 11.6 Å². The molecule has 0 bridgehead atoms. The van der Waals surface area contributed by atoms with Gasteiger partial charge in [0.2, 0.25) is 5.91 Å². The minimum atomic E-state index is 0.0495. The molecule has 1 aliphatic heterocycles. The first kappa shape index (κ1) is 16.8. The number of fused-ring (bicyclic) bond motifs is 1. The highest BCUT2D eigenvalue weighted by Gasteiger charge is 2.26. The standard InChI is InChI=1S/C19H20ClN5O/c20-16-3-1-14(2-4-16)13-22-19(26)15-7-11-24(12-8-15)18-6-9-21-17-5-10-23-25(17)18/h1-6,9-10,15H,7-8,11-13H2,(H,22,26). The third-order valence-electron chi connectivity index (χ3n) is 4.84. The van der Waals surface area contributed by atoms with Gasteiger partial charge in [-0.05, 0) is 36.6 Å². The molecule has 1 aliphatic rings. The van der Waals surface area contributed by atoms with E-state index in [1.54, 1.807) is 12.4 Å². The molecule has 0 saturated carbocycles. The lowest BCUT2D eigenvalue weighted by Crippen LogP contribution is -2.41. The van der Waals surface area contributed by atoms with Gasteiger partial charge in [-0.25, -0.2) is 4.98 Å². The highest BCUT2D eigenvalue weighted by atomic mass is 35.5. The number of aromatic nitrogens is 3. The molecule has 0 atom stereocenters. The maximum Gasteiger partial charge on any atom is 0.223 e. The Hall–Kier alpha value is -2.60. The number of hydrogen-bond acceptors (Lipinski definition) is 4. The van der Waals surface area contributed by atoms with Crippen LogP contribution in [0.2, 0.25) is 5.02 Å². The average Bonchev–Trinajstić information content (AvgIpc) is 3.16.